The predicted octanol–water partition coefficient (Wildman–Crippen LogP) is 3.68. The molecule has 5 rings (SSSR count). The number of halogens is 1. The number of fused-ring (bicyclic) bond motifs is 2. The van der Waals surface area contributed by atoms with Crippen molar-refractivity contribution in [1.29, 1.82) is 0 Å². The fourth-order valence-corrected chi connectivity index (χ4v) is 4.28. The SMILES string of the molecule is O=C1C[C@H](C(=O)NC[C@H]2Cc3cc(F)cc(-c4cccnc4)c3O2)c2ccccc21. The highest BCUT2D eigenvalue weighted by molar-refractivity contribution is 6.06. The highest BCUT2D eigenvalue weighted by atomic mass is 19.1. The first-order valence-electron chi connectivity index (χ1n) is 9.89. The number of Topliss-reactive ketones (excluding diaryl/α,β-unsaturated/α-hetero) is 1. The minimum absolute atomic E-state index is 0.00754. The smallest absolute Gasteiger partial charge is 0.228 e. The molecule has 3 aromatic rings. The summed E-state index contributed by atoms with van der Waals surface area (Å²) in [4.78, 5) is 29.0. The second-order valence-electron chi connectivity index (χ2n) is 7.64. The van der Waals surface area contributed by atoms with E-state index in [2.05, 4.69) is 10.3 Å². The lowest BCUT2D eigenvalue weighted by atomic mass is 10.00. The molecule has 0 bridgehead atoms. The van der Waals surface area contributed by atoms with Gasteiger partial charge in [-0.25, -0.2) is 4.39 Å². The van der Waals surface area contributed by atoms with Crippen molar-refractivity contribution in [3.8, 4) is 16.9 Å². The summed E-state index contributed by atoms with van der Waals surface area (Å²) in [6.07, 6.45) is 3.72. The molecule has 0 unspecified atom stereocenters. The summed E-state index contributed by atoms with van der Waals surface area (Å²) in [6.45, 7) is 0.286. The molecule has 2 heterocycles. The highest BCUT2D eigenvalue weighted by Gasteiger charge is 2.35. The van der Waals surface area contributed by atoms with Crippen LogP contribution in [0.4, 0.5) is 4.39 Å². The van der Waals surface area contributed by atoms with Crippen molar-refractivity contribution >= 4 is 11.7 Å². The molecular formula is C24H19FN2O3. The molecule has 2 atom stereocenters. The van der Waals surface area contributed by atoms with Crippen LogP contribution in [0.5, 0.6) is 5.75 Å². The van der Waals surface area contributed by atoms with Crippen LogP contribution in [-0.4, -0.2) is 29.3 Å². The van der Waals surface area contributed by atoms with Gasteiger partial charge in [-0.15, -0.1) is 0 Å². The van der Waals surface area contributed by atoms with Gasteiger partial charge in [-0.2, -0.15) is 0 Å². The standard InChI is InChI=1S/C24H19FN2O3/c25-16-8-15-9-17(30-23(15)20(10-16)14-4-3-7-26-12-14)13-27-24(29)21-11-22(28)19-6-2-1-5-18(19)21/h1-8,10,12,17,21H,9,11,13H2,(H,27,29)/t17-,21+/m1/s1. The Balaban J connectivity index is 1.30. The van der Waals surface area contributed by atoms with Gasteiger partial charge in [0.05, 0.1) is 12.5 Å². The van der Waals surface area contributed by atoms with Gasteiger partial charge >= 0.3 is 0 Å². The molecule has 1 aliphatic heterocycles. The van der Waals surface area contributed by atoms with Crippen molar-refractivity contribution in [1.82, 2.24) is 10.3 Å². The van der Waals surface area contributed by atoms with Crippen LogP contribution in [0.2, 0.25) is 0 Å². The fourth-order valence-electron chi connectivity index (χ4n) is 4.28. The Labute approximate surface area is 172 Å². The van der Waals surface area contributed by atoms with Gasteiger partial charge in [0.15, 0.2) is 5.78 Å². The van der Waals surface area contributed by atoms with Gasteiger partial charge in [0.25, 0.3) is 0 Å². The number of nitrogens with one attached hydrogen (secondary N) is 1. The maximum atomic E-state index is 14.2. The second-order valence-corrected chi connectivity index (χ2v) is 7.64. The maximum Gasteiger partial charge on any atom is 0.228 e. The summed E-state index contributed by atoms with van der Waals surface area (Å²) in [5.74, 6) is -0.369. The van der Waals surface area contributed by atoms with Crippen molar-refractivity contribution in [3.05, 3.63) is 83.4 Å². The number of hydrogen-bond acceptors (Lipinski definition) is 4. The third kappa shape index (κ3) is 3.24. The molecule has 2 aromatic carbocycles. The first-order valence-corrected chi connectivity index (χ1v) is 9.89. The van der Waals surface area contributed by atoms with E-state index in [1.54, 1.807) is 30.6 Å². The first-order chi connectivity index (χ1) is 14.6. The summed E-state index contributed by atoms with van der Waals surface area (Å²) < 4.78 is 20.2. The molecule has 150 valence electrons. The average molecular weight is 402 g/mol. The van der Waals surface area contributed by atoms with E-state index in [1.807, 2.05) is 18.2 Å². The number of rotatable bonds is 4. The monoisotopic (exact) mass is 402 g/mol. The summed E-state index contributed by atoms with van der Waals surface area (Å²) in [7, 11) is 0. The zero-order valence-electron chi connectivity index (χ0n) is 16.1. The number of nitrogens with zero attached hydrogens (tertiary/aromatic N) is 1. The minimum Gasteiger partial charge on any atom is -0.487 e. The lowest BCUT2D eigenvalue weighted by Gasteiger charge is -2.16. The fraction of sp³-hybridized carbons (Fsp3) is 0.208. The zero-order valence-corrected chi connectivity index (χ0v) is 16.1. The molecule has 1 N–H and O–H groups in total. The van der Waals surface area contributed by atoms with Gasteiger partial charge in [0, 0.05) is 47.5 Å². The summed E-state index contributed by atoms with van der Waals surface area (Å²) in [5.41, 5.74) is 3.60. The molecule has 0 radical (unpaired) electrons. The number of carbonyl (C=O) groups excluding carboxylic acids is 2. The molecule has 5 nitrogen and oxygen atoms in total. The maximum absolute atomic E-state index is 14.2. The number of amides is 1. The second kappa shape index (κ2) is 7.37. The molecule has 2 aliphatic rings. The van der Waals surface area contributed by atoms with E-state index < -0.39 is 5.92 Å². The third-order valence-corrected chi connectivity index (χ3v) is 5.68. The Morgan fingerprint density at radius 1 is 1.13 bits per heavy atom. The third-order valence-electron chi connectivity index (χ3n) is 5.68. The van der Waals surface area contributed by atoms with Gasteiger partial charge in [-0.1, -0.05) is 30.3 Å². The molecule has 0 fully saturated rings. The van der Waals surface area contributed by atoms with Crippen LogP contribution in [0.1, 0.15) is 33.8 Å². The van der Waals surface area contributed by atoms with Gasteiger partial charge < -0.3 is 10.1 Å². The van der Waals surface area contributed by atoms with Crippen molar-refractivity contribution in [2.75, 3.05) is 6.54 Å². The molecule has 1 amide bonds. The Hall–Kier alpha value is -3.54. The minimum atomic E-state index is -0.471. The summed E-state index contributed by atoms with van der Waals surface area (Å²) in [6, 6.07) is 13.8. The summed E-state index contributed by atoms with van der Waals surface area (Å²) >= 11 is 0. The van der Waals surface area contributed by atoms with Crippen LogP contribution >= 0.6 is 0 Å². The van der Waals surface area contributed by atoms with Gasteiger partial charge in [0.1, 0.15) is 17.7 Å². The number of benzene rings is 2. The Morgan fingerprint density at radius 3 is 2.83 bits per heavy atom. The molecule has 0 saturated heterocycles. The number of pyridine rings is 1. The normalized spacial score (nSPS) is 19.2. The topological polar surface area (TPSA) is 68.3 Å². The van der Waals surface area contributed by atoms with E-state index in [9.17, 15) is 14.0 Å². The lowest BCUT2D eigenvalue weighted by Crippen LogP contribution is -2.37. The van der Waals surface area contributed by atoms with Gasteiger partial charge in [-0.05, 0) is 23.8 Å². The van der Waals surface area contributed by atoms with Crippen LogP contribution in [0.25, 0.3) is 11.1 Å². The molecule has 0 spiro atoms. The lowest BCUT2D eigenvalue weighted by molar-refractivity contribution is -0.122. The van der Waals surface area contributed by atoms with Crippen LogP contribution in [-0.2, 0) is 11.2 Å². The number of ether oxygens (including phenoxy) is 1. The van der Waals surface area contributed by atoms with Crippen molar-refractivity contribution in [3.63, 3.8) is 0 Å². The quantitative estimate of drug-likeness (QED) is 0.723. The number of ketones is 1. The summed E-state index contributed by atoms with van der Waals surface area (Å²) in [5, 5.41) is 2.91. The molecule has 6 heteroatoms. The van der Waals surface area contributed by atoms with Crippen molar-refractivity contribution in [2.45, 2.75) is 24.9 Å². The van der Waals surface area contributed by atoms with E-state index >= 15 is 0 Å². The van der Waals surface area contributed by atoms with Crippen LogP contribution in [0.3, 0.4) is 0 Å². The Bertz CT molecular complexity index is 1150. The largest absolute Gasteiger partial charge is 0.487 e. The molecule has 0 saturated carbocycles. The molecule has 30 heavy (non-hydrogen) atoms. The molecule has 1 aromatic heterocycles. The highest BCUT2D eigenvalue weighted by Crippen LogP contribution is 2.39. The van der Waals surface area contributed by atoms with Crippen LogP contribution < -0.4 is 10.1 Å². The Kier molecular flexibility index (Phi) is 4.54. The number of aromatic nitrogens is 1. The van der Waals surface area contributed by atoms with E-state index in [4.69, 9.17) is 4.74 Å². The van der Waals surface area contributed by atoms with E-state index in [1.165, 1.54) is 12.1 Å². The van der Waals surface area contributed by atoms with Crippen LogP contribution in [0, 0.1) is 5.82 Å². The van der Waals surface area contributed by atoms with Crippen molar-refractivity contribution in [2.24, 2.45) is 0 Å². The van der Waals surface area contributed by atoms with E-state index in [-0.39, 0.29) is 36.6 Å². The number of carbonyl (C=O) groups is 2. The Morgan fingerprint density at radius 2 is 2.00 bits per heavy atom. The van der Waals surface area contributed by atoms with Gasteiger partial charge in [-0.3, -0.25) is 14.6 Å². The van der Waals surface area contributed by atoms with E-state index in [0.29, 0.717) is 23.3 Å². The van der Waals surface area contributed by atoms with E-state index in [0.717, 1.165) is 16.7 Å². The molecular weight excluding hydrogens is 383 g/mol. The number of hydrogen-bond donors (Lipinski definition) is 1. The average Bonchev–Trinajstić information content (AvgIpc) is 3.33. The van der Waals surface area contributed by atoms with Gasteiger partial charge in [0.2, 0.25) is 5.91 Å². The first kappa shape index (κ1) is 18.5. The zero-order chi connectivity index (χ0) is 20.7. The predicted molar refractivity (Wildman–Crippen MR) is 109 cm³/mol. The van der Waals surface area contributed by atoms with Crippen molar-refractivity contribution < 1.29 is 18.7 Å². The van der Waals surface area contributed by atoms with Crippen LogP contribution in [0.15, 0.2) is 60.9 Å². The molecule has 1 aliphatic carbocycles.